The summed E-state index contributed by atoms with van der Waals surface area (Å²) in [5, 5.41) is 12.1. The predicted molar refractivity (Wildman–Crippen MR) is 101 cm³/mol. The lowest BCUT2D eigenvalue weighted by Gasteiger charge is -2.18. The summed E-state index contributed by atoms with van der Waals surface area (Å²) in [6.07, 6.45) is 3.02. The quantitative estimate of drug-likeness (QED) is 0.613. The van der Waals surface area contributed by atoms with Gasteiger partial charge >= 0.3 is 12.0 Å². The minimum atomic E-state index is -0.388. The van der Waals surface area contributed by atoms with Crippen molar-refractivity contribution >= 4 is 23.8 Å². The average molecular weight is 354 g/mol. The Kier molecular flexibility index (Phi) is 6.79. The van der Waals surface area contributed by atoms with Crippen LogP contribution in [0.5, 0.6) is 5.75 Å². The molecule has 6 nitrogen and oxygen atoms in total. The van der Waals surface area contributed by atoms with Gasteiger partial charge in [0.25, 0.3) is 0 Å². The van der Waals surface area contributed by atoms with E-state index in [1.54, 1.807) is 73.5 Å². The number of esters is 1. The van der Waals surface area contributed by atoms with E-state index in [1.807, 2.05) is 0 Å². The van der Waals surface area contributed by atoms with E-state index in [9.17, 15) is 14.7 Å². The number of carbonyl (C=O) groups is 2. The molecule has 0 saturated carbocycles. The van der Waals surface area contributed by atoms with Gasteiger partial charge in [-0.3, -0.25) is 0 Å². The molecule has 136 valence electrons. The zero-order valence-electron chi connectivity index (χ0n) is 14.8. The van der Waals surface area contributed by atoms with Crippen LogP contribution in [0.25, 0.3) is 6.08 Å². The highest BCUT2D eigenvalue weighted by atomic mass is 16.5. The number of hydrogen-bond acceptors (Lipinski definition) is 4. The van der Waals surface area contributed by atoms with Gasteiger partial charge < -0.3 is 20.1 Å². The molecule has 6 heteroatoms. The molecule has 0 aromatic heterocycles. The molecule has 2 aromatic carbocycles. The minimum Gasteiger partial charge on any atom is -0.508 e. The number of anilines is 1. The second-order valence-electron chi connectivity index (χ2n) is 5.66. The standard InChI is InChI=1S/C20H22N2O4/c1-3-26-19(24)13-8-15-4-9-17(10-5-15)21-20(25)22(2)14-16-6-11-18(23)12-7-16/h4-13,23H,3,14H2,1-2H3,(H,21,25). The molecule has 2 N–H and O–H groups in total. The molecule has 0 atom stereocenters. The van der Waals surface area contributed by atoms with Crippen molar-refractivity contribution in [2.24, 2.45) is 0 Å². The van der Waals surface area contributed by atoms with Gasteiger partial charge in [0, 0.05) is 25.4 Å². The van der Waals surface area contributed by atoms with Crippen LogP contribution in [0.3, 0.4) is 0 Å². The van der Waals surface area contributed by atoms with Crippen LogP contribution in [0.1, 0.15) is 18.1 Å². The van der Waals surface area contributed by atoms with E-state index in [0.717, 1.165) is 11.1 Å². The van der Waals surface area contributed by atoms with Crippen molar-refractivity contribution in [3.8, 4) is 5.75 Å². The van der Waals surface area contributed by atoms with Gasteiger partial charge in [-0.1, -0.05) is 24.3 Å². The highest BCUT2D eigenvalue weighted by molar-refractivity contribution is 5.90. The second-order valence-corrected chi connectivity index (χ2v) is 5.66. The predicted octanol–water partition coefficient (Wildman–Crippen LogP) is 3.63. The molecule has 0 unspecified atom stereocenters. The average Bonchev–Trinajstić information content (AvgIpc) is 2.63. The molecule has 2 rings (SSSR count). The van der Waals surface area contributed by atoms with E-state index in [1.165, 1.54) is 6.08 Å². The maximum Gasteiger partial charge on any atom is 0.330 e. The molecule has 0 aliphatic rings. The molecule has 0 aliphatic carbocycles. The van der Waals surface area contributed by atoms with Crippen molar-refractivity contribution in [1.82, 2.24) is 4.90 Å². The summed E-state index contributed by atoms with van der Waals surface area (Å²) < 4.78 is 4.82. The van der Waals surface area contributed by atoms with Crippen LogP contribution < -0.4 is 5.32 Å². The van der Waals surface area contributed by atoms with Crippen LogP contribution in [0, 0.1) is 0 Å². The Labute approximate surface area is 152 Å². The fourth-order valence-corrected chi connectivity index (χ4v) is 2.20. The van der Waals surface area contributed by atoms with Gasteiger partial charge in [0.15, 0.2) is 0 Å². The van der Waals surface area contributed by atoms with Gasteiger partial charge in [0.05, 0.1) is 6.61 Å². The van der Waals surface area contributed by atoms with Crippen LogP contribution in [-0.2, 0) is 16.1 Å². The Hall–Kier alpha value is -3.28. The number of nitrogens with zero attached hydrogens (tertiary/aromatic N) is 1. The first-order valence-electron chi connectivity index (χ1n) is 8.23. The van der Waals surface area contributed by atoms with Gasteiger partial charge in [-0.2, -0.15) is 0 Å². The third kappa shape index (κ3) is 5.98. The number of urea groups is 1. The van der Waals surface area contributed by atoms with Crippen LogP contribution in [0.4, 0.5) is 10.5 Å². The highest BCUT2D eigenvalue weighted by Gasteiger charge is 2.09. The van der Waals surface area contributed by atoms with Crippen LogP contribution >= 0.6 is 0 Å². The number of amides is 2. The lowest BCUT2D eigenvalue weighted by molar-refractivity contribution is -0.137. The Bertz CT molecular complexity index is 767. The SMILES string of the molecule is CCOC(=O)C=Cc1ccc(NC(=O)N(C)Cc2ccc(O)cc2)cc1. The number of carbonyl (C=O) groups excluding carboxylic acids is 2. The molecule has 0 radical (unpaired) electrons. The molecule has 0 heterocycles. The zero-order valence-corrected chi connectivity index (χ0v) is 14.8. The van der Waals surface area contributed by atoms with Crippen LogP contribution in [0.2, 0.25) is 0 Å². The number of hydrogen-bond donors (Lipinski definition) is 2. The first-order valence-corrected chi connectivity index (χ1v) is 8.23. The third-order valence-corrected chi connectivity index (χ3v) is 3.56. The fourth-order valence-electron chi connectivity index (χ4n) is 2.20. The zero-order chi connectivity index (χ0) is 18.9. The van der Waals surface area contributed by atoms with Crippen molar-refractivity contribution in [3.05, 3.63) is 65.7 Å². The second kappa shape index (κ2) is 9.27. The summed E-state index contributed by atoms with van der Waals surface area (Å²) in [5.41, 5.74) is 2.40. The maximum absolute atomic E-state index is 12.2. The molecule has 2 amide bonds. The lowest BCUT2D eigenvalue weighted by atomic mass is 10.2. The van der Waals surface area contributed by atoms with E-state index in [2.05, 4.69) is 5.32 Å². The molecule has 26 heavy (non-hydrogen) atoms. The summed E-state index contributed by atoms with van der Waals surface area (Å²) in [4.78, 5) is 25.1. The summed E-state index contributed by atoms with van der Waals surface area (Å²) in [6, 6.07) is 13.6. The van der Waals surface area contributed by atoms with Crippen molar-refractivity contribution in [2.75, 3.05) is 19.0 Å². The molecule has 2 aromatic rings. The Morgan fingerprint density at radius 3 is 2.38 bits per heavy atom. The van der Waals surface area contributed by atoms with E-state index in [4.69, 9.17) is 4.74 Å². The van der Waals surface area contributed by atoms with Crippen molar-refractivity contribution in [1.29, 1.82) is 0 Å². The maximum atomic E-state index is 12.2. The third-order valence-electron chi connectivity index (χ3n) is 3.56. The summed E-state index contributed by atoms with van der Waals surface area (Å²) >= 11 is 0. The number of rotatable bonds is 6. The monoisotopic (exact) mass is 354 g/mol. The molecular formula is C20H22N2O4. The lowest BCUT2D eigenvalue weighted by Crippen LogP contribution is -2.30. The number of aromatic hydroxyl groups is 1. The summed E-state index contributed by atoms with van der Waals surface area (Å²) in [7, 11) is 1.69. The number of benzene rings is 2. The largest absolute Gasteiger partial charge is 0.508 e. The van der Waals surface area contributed by atoms with E-state index >= 15 is 0 Å². The molecule has 0 fully saturated rings. The van der Waals surface area contributed by atoms with Crippen molar-refractivity contribution in [3.63, 3.8) is 0 Å². The summed E-state index contributed by atoms with van der Waals surface area (Å²) in [5.74, 6) is -0.196. The number of phenolic OH excluding ortho intramolecular Hbond substituents is 1. The first-order chi connectivity index (χ1) is 12.5. The summed E-state index contributed by atoms with van der Waals surface area (Å²) in [6.45, 7) is 2.51. The minimum absolute atomic E-state index is 0.193. The van der Waals surface area contributed by atoms with E-state index in [0.29, 0.717) is 18.8 Å². The van der Waals surface area contributed by atoms with Crippen LogP contribution in [0.15, 0.2) is 54.6 Å². The topological polar surface area (TPSA) is 78.9 Å². The van der Waals surface area contributed by atoms with Gasteiger partial charge in [-0.05, 0) is 48.4 Å². The van der Waals surface area contributed by atoms with Crippen molar-refractivity contribution < 1.29 is 19.4 Å². The number of ether oxygens (including phenoxy) is 1. The highest BCUT2D eigenvalue weighted by Crippen LogP contribution is 2.14. The smallest absolute Gasteiger partial charge is 0.330 e. The molecule has 0 bridgehead atoms. The fraction of sp³-hybridized carbons (Fsp3) is 0.200. The normalized spacial score (nSPS) is 10.5. The van der Waals surface area contributed by atoms with Gasteiger partial charge in [0.2, 0.25) is 0 Å². The van der Waals surface area contributed by atoms with Crippen LogP contribution in [-0.4, -0.2) is 35.7 Å². The van der Waals surface area contributed by atoms with Gasteiger partial charge in [-0.15, -0.1) is 0 Å². The van der Waals surface area contributed by atoms with E-state index < -0.39 is 0 Å². The Balaban J connectivity index is 1.90. The Morgan fingerprint density at radius 1 is 1.12 bits per heavy atom. The van der Waals surface area contributed by atoms with Crippen molar-refractivity contribution in [2.45, 2.75) is 13.5 Å². The molecule has 0 saturated heterocycles. The first kappa shape index (κ1) is 19.1. The number of nitrogens with one attached hydrogen (secondary N) is 1. The van der Waals surface area contributed by atoms with E-state index in [-0.39, 0.29) is 17.7 Å². The molecular weight excluding hydrogens is 332 g/mol. The molecule has 0 aliphatic heterocycles. The Morgan fingerprint density at radius 2 is 1.77 bits per heavy atom. The number of phenols is 1. The molecule has 0 spiro atoms. The van der Waals surface area contributed by atoms with Gasteiger partial charge in [-0.25, -0.2) is 9.59 Å². The van der Waals surface area contributed by atoms with Gasteiger partial charge in [0.1, 0.15) is 5.75 Å².